The van der Waals surface area contributed by atoms with Crippen LogP contribution in [0.3, 0.4) is 0 Å². The van der Waals surface area contributed by atoms with Crippen molar-refractivity contribution < 1.29 is 22.5 Å². The van der Waals surface area contributed by atoms with E-state index >= 15 is 0 Å². The summed E-state index contributed by atoms with van der Waals surface area (Å²) in [7, 11) is 0. The van der Waals surface area contributed by atoms with Gasteiger partial charge in [0.2, 0.25) is 17.6 Å². The zero-order chi connectivity index (χ0) is 22.6. The second-order valence-corrected chi connectivity index (χ2v) is 7.58. The Morgan fingerprint density at radius 3 is 2.59 bits per heavy atom. The van der Waals surface area contributed by atoms with Crippen LogP contribution in [0.25, 0.3) is 11.5 Å². The standard InChI is InChI=1S/C22H22F3N5O2/c23-22(24,25)17-5-3-4-16(14-17)15-29-10-12-30(13-11-29)20(31)8-7-19-27-21(28-32-19)18-6-1-2-9-26-18/h1-6,9,14H,7-8,10-13,15H2. The molecule has 0 radical (unpaired) electrons. The highest BCUT2D eigenvalue weighted by Crippen LogP contribution is 2.29. The number of hydrogen-bond acceptors (Lipinski definition) is 6. The average Bonchev–Trinajstić information content (AvgIpc) is 3.27. The van der Waals surface area contributed by atoms with Gasteiger partial charge in [-0.05, 0) is 23.8 Å². The Labute approximate surface area is 182 Å². The second-order valence-electron chi connectivity index (χ2n) is 7.58. The molecule has 0 spiro atoms. The van der Waals surface area contributed by atoms with E-state index in [0.717, 1.165) is 6.07 Å². The lowest BCUT2D eigenvalue weighted by atomic mass is 10.1. The van der Waals surface area contributed by atoms with Gasteiger partial charge in [-0.15, -0.1) is 0 Å². The molecule has 3 aromatic rings. The lowest BCUT2D eigenvalue weighted by Crippen LogP contribution is -2.48. The fourth-order valence-electron chi connectivity index (χ4n) is 3.59. The van der Waals surface area contributed by atoms with E-state index in [1.807, 2.05) is 6.07 Å². The summed E-state index contributed by atoms with van der Waals surface area (Å²) in [4.78, 5) is 24.8. The molecular formula is C22H22F3N5O2. The number of carbonyl (C=O) groups excluding carboxylic acids is 1. The van der Waals surface area contributed by atoms with Gasteiger partial charge in [0.15, 0.2) is 0 Å². The first-order valence-electron chi connectivity index (χ1n) is 10.3. The van der Waals surface area contributed by atoms with E-state index in [2.05, 4.69) is 20.0 Å². The molecule has 2 aromatic heterocycles. The minimum Gasteiger partial charge on any atom is -0.340 e. The van der Waals surface area contributed by atoms with Crippen molar-refractivity contribution in [1.82, 2.24) is 24.9 Å². The van der Waals surface area contributed by atoms with E-state index in [1.165, 1.54) is 12.1 Å². The molecule has 0 saturated carbocycles. The number of nitrogens with zero attached hydrogens (tertiary/aromatic N) is 5. The van der Waals surface area contributed by atoms with Crippen LogP contribution in [0.1, 0.15) is 23.4 Å². The van der Waals surface area contributed by atoms with E-state index < -0.39 is 11.7 Å². The third-order valence-electron chi connectivity index (χ3n) is 5.30. The highest BCUT2D eigenvalue weighted by Gasteiger charge is 2.30. The third kappa shape index (κ3) is 5.50. The topological polar surface area (TPSA) is 75.4 Å². The molecule has 4 rings (SSSR count). The molecule has 1 fully saturated rings. The molecule has 0 atom stereocenters. The number of piperazine rings is 1. The predicted molar refractivity (Wildman–Crippen MR) is 109 cm³/mol. The number of carbonyl (C=O) groups is 1. The molecule has 1 amide bonds. The summed E-state index contributed by atoms with van der Waals surface area (Å²) in [5.41, 5.74) is 0.571. The van der Waals surface area contributed by atoms with E-state index in [9.17, 15) is 18.0 Å². The highest BCUT2D eigenvalue weighted by molar-refractivity contribution is 5.76. The molecule has 0 aliphatic carbocycles. The molecule has 3 heterocycles. The molecule has 1 saturated heterocycles. The van der Waals surface area contributed by atoms with Crippen LogP contribution in [0, 0.1) is 0 Å². The number of hydrogen-bond donors (Lipinski definition) is 0. The van der Waals surface area contributed by atoms with Gasteiger partial charge in [-0.2, -0.15) is 18.2 Å². The summed E-state index contributed by atoms with van der Waals surface area (Å²) in [6.45, 7) is 2.69. The highest BCUT2D eigenvalue weighted by atomic mass is 19.4. The number of alkyl halides is 3. The molecule has 1 aromatic carbocycles. The molecule has 1 aliphatic rings. The van der Waals surface area contributed by atoms with Crippen molar-refractivity contribution >= 4 is 5.91 Å². The first-order chi connectivity index (χ1) is 15.4. The fraction of sp³-hybridized carbons (Fsp3) is 0.364. The summed E-state index contributed by atoms with van der Waals surface area (Å²) in [6, 6.07) is 10.8. The van der Waals surface area contributed by atoms with Crippen LogP contribution in [0.2, 0.25) is 0 Å². The van der Waals surface area contributed by atoms with E-state index in [0.29, 0.717) is 62.1 Å². The smallest absolute Gasteiger partial charge is 0.340 e. The van der Waals surface area contributed by atoms with Crippen LogP contribution in [0.5, 0.6) is 0 Å². The van der Waals surface area contributed by atoms with Crippen LogP contribution in [-0.4, -0.2) is 57.0 Å². The Bertz CT molecular complexity index is 1050. The Balaban J connectivity index is 1.24. The molecule has 168 valence electrons. The minimum atomic E-state index is -4.35. The summed E-state index contributed by atoms with van der Waals surface area (Å²) in [6.07, 6.45) is -2.12. The van der Waals surface area contributed by atoms with Gasteiger partial charge in [-0.1, -0.05) is 29.4 Å². The first kappa shape index (κ1) is 21.9. The normalized spacial score (nSPS) is 15.2. The Kier molecular flexibility index (Phi) is 6.50. The minimum absolute atomic E-state index is 0.0127. The van der Waals surface area contributed by atoms with E-state index in [4.69, 9.17) is 4.52 Å². The zero-order valence-corrected chi connectivity index (χ0v) is 17.3. The molecule has 0 bridgehead atoms. The second kappa shape index (κ2) is 9.47. The van der Waals surface area contributed by atoms with Crippen molar-refractivity contribution in [3.8, 4) is 11.5 Å². The molecule has 0 unspecified atom stereocenters. The van der Waals surface area contributed by atoms with Gasteiger partial charge < -0.3 is 9.42 Å². The number of halogens is 3. The van der Waals surface area contributed by atoms with Crippen molar-refractivity contribution in [3.63, 3.8) is 0 Å². The van der Waals surface area contributed by atoms with Gasteiger partial charge in [0, 0.05) is 51.8 Å². The maximum Gasteiger partial charge on any atom is 0.416 e. The number of rotatable bonds is 6. The van der Waals surface area contributed by atoms with Crippen LogP contribution in [-0.2, 0) is 23.9 Å². The lowest BCUT2D eigenvalue weighted by Gasteiger charge is -2.34. The van der Waals surface area contributed by atoms with Crippen LogP contribution in [0.4, 0.5) is 13.2 Å². The van der Waals surface area contributed by atoms with E-state index in [-0.39, 0.29) is 12.3 Å². The van der Waals surface area contributed by atoms with Gasteiger partial charge in [-0.3, -0.25) is 14.7 Å². The summed E-state index contributed by atoms with van der Waals surface area (Å²) < 4.78 is 43.9. The quantitative estimate of drug-likeness (QED) is 0.579. The van der Waals surface area contributed by atoms with Crippen molar-refractivity contribution in [2.45, 2.75) is 25.6 Å². The van der Waals surface area contributed by atoms with Crippen molar-refractivity contribution in [2.75, 3.05) is 26.2 Å². The largest absolute Gasteiger partial charge is 0.416 e. The third-order valence-corrected chi connectivity index (χ3v) is 5.30. The molecule has 32 heavy (non-hydrogen) atoms. The zero-order valence-electron chi connectivity index (χ0n) is 17.3. The number of benzene rings is 1. The van der Waals surface area contributed by atoms with E-state index in [1.54, 1.807) is 29.3 Å². The van der Waals surface area contributed by atoms with Crippen LogP contribution >= 0.6 is 0 Å². The monoisotopic (exact) mass is 445 g/mol. The van der Waals surface area contributed by atoms with Crippen molar-refractivity contribution in [1.29, 1.82) is 0 Å². The summed E-state index contributed by atoms with van der Waals surface area (Å²) in [5, 5.41) is 3.90. The fourth-order valence-corrected chi connectivity index (χ4v) is 3.59. The van der Waals surface area contributed by atoms with Crippen molar-refractivity contribution in [2.24, 2.45) is 0 Å². The summed E-state index contributed by atoms with van der Waals surface area (Å²) in [5.74, 6) is 0.750. The predicted octanol–water partition coefficient (Wildman–Crippen LogP) is 3.43. The Morgan fingerprint density at radius 2 is 1.88 bits per heavy atom. The molecule has 10 heteroatoms. The average molecular weight is 445 g/mol. The van der Waals surface area contributed by atoms with Gasteiger partial charge >= 0.3 is 6.18 Å². The Morgan fingerprint density at radius 1 is 1.06 bits per heavy atom. The van der Waals surface area contributed by atoms with Gasteiger partial charge in [0.05, 0.1) is 5.56 Å². The summed E-state index contributed by atoms with van der Waals surface area (Å²) >= 11 is 0. The van der Waals surface area contributed by atoms with Crippen LogP contribution < -0.4 is 0 Å². The maximum absolute atomic E-state index is 12.9. The number of amides is 1. The SMILES string of the molecule is O=C(CCc1nc(-c2ccccn2)no1)N1CCN(Cc2cccc(C(F)(F)F)c2)CC1. The van der Waals surface area contributed by atoms with Gasteiger partial charge in [0.25, 0.3) is 0 Å². The molecule has 0 N–H and O–H groups in total. The lowest BCUT2D eigenvalue weighted by molar-refractivity contribution is -0.137. The molecule has 7 nitrogen and oxygen atoms in total. The first-order valence-corrected chi connectivity index (χ1v) is 10.3. The number of aromatic nitrogens is 3. The number of pyridine rings is 1. The number of aryl methyl sites for hydroxylation is 1. The molecule has 1 aliphatic heterocycles. The molecular weight excluding hydrogens is 423 g/mol. The maximum atomic E-state index is 12.9. The Hall–Kier alpha value is -3.27. The van der Waals surface area contributed by atoms with Gasteiger partial charge in [-0.25, -0.2) is 0 Å². The van der Waals surface area contributed by atoms with Gasteiger partial charge in [0.1, 0.15) is 5.69 Å². The van der Waals surface area contributed by atoms with Crippen molar-refractivity contribution in [3.05, 3.63) is 65.7 Å². The van der Waals surface area contributed by atoms with Crippen LogP contribution in [0.15, 0.2) is 53.2 Å².